The van der Waals surface area contributed by atoms with Crippen LogP contribution in [0.15, 0.2) is 82.7 Å². The number of benzene rings is 3. The fraction of sp³-hybridized carbons (Fsp3) is 0.0769. The van der Waals surface area contributed by atoms with E-state index in [1.54, 1.807) is 16.6 Å². The van der Waals surface area contributed by atoms with Gasteiger partial charge in [0, 0.05) is 21.7 Å². The molecule has 9 heteroatoms. The van der Waals surface area contributed by atoms with Gasteiger partial charge < -0.3 is 5.32 Å². The predicted molar refractivity (Wildman–Crippen MR) is 131 cm³/mol. The minimum atomic E-state index is -0.925. The van der Waals surface area contributed by atoms with Crippen molar-refractivity contribution in [1.29, 1.82) is 0 Å². The first-order chi connectivity index (χ1) is 16.9. The second kappa shape index (κ2) is 9.27. The molecule has 0 saturated heterocycles. The second-order valence-electron chi connectivity index (χ2n) is 7.79. The molecule has 0 bridgehead atoms. The normalized spacial score (nSPS) is 11.1. The number of carbonyl (C=O) groups excluding carboxylic acids is 1. The van der Waals surface area contributed by atoms with Crippen LogP contribution in [0.4, 0.5) is 14.5 Å². The van der Waals surface area contributed by atoms with Crippen molar-refractivity contribution in [3.63, 3.8) is 0 Å². The Labute approximate surface area is 204 Å². The molecule has 5 rings (SSSR count). The Bertz CT molecular complexity index is 1550. The van der Waals surface area contributed by atoms with Crippen LogP contribution in [0.25, 0.3) is 17.2 Å². The van der Waals surface area contributed by atoms with E-state index in [0.29, 0.717) is 22.2 Å². The molecule has 6 nitrogen and oxygen atoms in total. The molecule has 5 aromatic rings. The lowest BCUT2D eigenvalue weighted by Gasteiger charge is -2.14. The van der Waals surface area contributed by atoms with Gasteiger partial charge in [-0.15, -0.1) is 5.10 Å². The molecule has 35 heavy (non-hydrogen) atoms. The van der Waals surface area contributed by atoms with Crippen LogP contribution >= 0.6 is 11.8 Å². The van der Waals surface area contributed by atoms with Crippen LogP contribution in [0.1, 0.15) is 21.6 Å². The van der Waals surface area contributed by atoms with E-state index in [1.165, 1.54) is 17.8 Å². The largest absolute Gasteiger partial charge is 0.321 e. The van der Waals surface area contributed by atoms with Crippen LogP contribution in [0.3, 0.4) is 0 Å². The number of rotatable bonds is 5. The topological polar surface area (TPSA) is 72.2 Å². The Morgan fingerprint density at radius 2 is 1.57 bits per heavy atom. The first kappa shape index (κ1) is 22.7. The summed E-state index contributed by atoms with van der Waals surface area (Å²) in [4.78, 5) is 22.6. The van der Waals surface area contributed by atoms with E-state index < -0.39 is 23.1 Å². The van der Waals surface area contributed by atoms with Crippen molar-refractivity contribution in [2.24, 2.45) is 0 Å². The van der Waals surface area contributed by atoms with Crippen molar-refractivity contribution in [1.82, 2.24) is 19.6 Å². The number of aryl methyl sites for hydroxylation is 1. The summed E-state index contributed by atoms with van der Waals surface area (Å²) in [6, 6.07) is 20.0. The van der Waals surface area contributed by atoms with Crippen LogP contribution in [0.2, 0.25) is 0 Å². The third kappa shape index (κ3) is 4.38. The van der Waals surface area contributed by atoms with E-state index in [2.05, 4.69) is 20.4 Å². The van der Waals surface area contributed by atoms with E-state index in [4.69, 9.17) is 0 Å². The molecule has 0 aliphatic carbocycles. The van der Waals surface area contributed by atoms with E-state index in [0.717, 1.165) is 34.0 Å². The zero-order valence-electron chi connectivity index (χ0n) is 18.8. The van der Waals surface area contributed by atoms with Crippen molar-refractivity contribution in [3.8, 4) is 11.4 Å². The van der Waals surface area contributed by atoms with Crippen molar-refractivity contribution < 1.29 is 13.6 Å². The van der Waals surface area contributed by atoms with Gasteiger partial charge in [0.1, 0.15) is 22.2 Å². The lowest BCUT2D eigenvalue weighted by molar-refractivity contribution is 0.101. The van der Waals surface area contributed by atoms with Crippen LogP contribution in [-0.2, 0) is 0 Å². The standard InChI is InChI=1S/C26H19F2N5OS/c1-15-16(2)29-26-31-23(17-9-4-3-5-10-17)32-33(26)25(15)35-21-14-7-6-13-20(21)30-24(34)22-18(27)11-8-12-19(22)28/h3-14H,1-2H3,(H,30,34). The van der Waals surface area contributed by atoms with Gasteiger partial charge in [0.15, 0.2) is 5.82 Å². The van der Waals surface area contributed by atoms with Gasteiger partial charge in [0.2, 0.25) is 0 Å². The van der Waals surface area contributed by atoms with Crippen molar-refractivity contribution >= 4 is 29.1 Å². The van der Waals surface area contributed by atoms with Gasteiger partial charge in [0.25, 0.3) is 11.7 Å². The number of nitrogens with one attached hydrogen (secondary N) is 1. The minimum Gasteiger partial charge on any atom is -0.321 e. The van der Waals surface area contributed by atoms with Gasteiger partial charge in [-0.2, -0.15) is 9.50 Å². The molecule has 174 valence electrons. The number of para-hydroxylation sites is 1. The third-order valence-electron chi connectivity index (χ3n) is 5.48. The number of halogens is 2. The Morgan fingerprint density at radius 3 is 2.31 bits per heavy atom. The van der Waals surface area contributed by atoms with E-state index in [9.17, 15) is 13.6 Å². The zero-order valence-corrected chi connectivity index (χ0v) is 19.6. The zero-order chi connectivity index (χ0) is 24.5. The quantitative estimate of drug-likeness (QED) is 0.304. The van der Waals surface area contributed by atoms with Gasteiger partial charge in [-0.05, 0) is 38.1 Å². The molecule has 3 aromatic carbocycles. The molecular formula is C26H19F2N5OS. The summed E-state index contributed by atoms with van der Waals surface area (Å²) in [6.07, 6.45) is 0. The highest BCUT2D eigenvalue weighted by Crippen LogP contribution is 2.36. The molecule has 0 atom stereocenters. The number of nitrogens with zero attached hydrogens (tertiary/aromatic N) is 4. The van der Waals surface area contributed by atoms with Crippen LogP contribution in [0, 0.1) is 25.5 Å². The van der Waals surface area contributed by atoms with Crippen LogP contribution in [0.5, 0.6) is 0 Å². The number of fused-ring (bicyclic) bond motifs is 1. The van der Waals surface area contributed by atoms with Gasteiger partial charge in [-0.1, -0.05) is 60.3 Å². The lowest BCUT2D eigenvalue weighted by atomic mass is 10.2. The Balaban J connectivity index is 1.54. The minimum absolute atomic E-state index is 0.413. The van der Waals surface area contributed by atoms with Gasteiger partial charge in [-0.25, -0.2) is 13.8 Å². The number of hydrogen-bond donors (Lipinski definition) is 1. The number of aromatic nitrogens is 4. The van der Waals surface area contributed by atoms with E-state index >= 15 is 0 Å². The number of hydrogen-bond acceptors (Lipinski definition) is 5. The van der Waals surface area contributed by atoms with E-state index in [1.807, 2.05) is 56.3 Å². The molecule has 2 heterocycles. The number of amides is 1. The smallest absolute Gasteiger partial charge is 0.261 e. The molecule has 0 fully saturated rings. The Morgan fingerprint density at radius 1 is 0.886 bits per heavy atom. The molecule has 0 aliphatic heterocycles. The SMILES string of the molecule is Cc1nc2nc(-c3ccccc3)nn2c(Sc2ccccc2NC(=O)c2c(F)cccc2F)c1C. The van der Waals surface area contributed by atoms with E-state index in [-0.39, 0.29) is 0 Å². The molecule has 0 unspecified atom stereocenters. The summed E-state index contributed by atoms with van der Waals surface area (Å²) in [6.45, 7) is 3.83. The first-order valence-corrected chi connectivity index (χ1v) is 11.6. The average Bonchev–Trinajstić information content (AvgIpc) is 3.27. The molecule has 1 N–H and O–H groups in total. The summed E-state index contributed by atoms with van der Waals surface area (Å²) < 4.78 is 29.9. The molecule has 0 aliphatic rings. The van der Waals surface area contributed by atoms with Crippen molar-refractivity contribution in [2.45, 2.75) is 23.8 Å². The fourth-order valence-corrected chi connectivity index (χ4v) is 4.65. The third-order valence-corrected chi connectivity index (χ3v) is 6.73. The number of carbonyl (C=O) groups is 1. The second-order valence-corrected chi connectivity index (χ2v) is 8.82. The van der Waals surface area contributed by atoms with Gasteiger partial charge >= 0.3 is 0 Å². The van der Waals surface area contributed by atoms with Gasteiger partial charge in [0.05, 0.1) is 5.69 Å². The summed E-state index contributed by atoms with van der Waals surface area (Å²) in [5.74, 6) is -1.73. The molecule has 0 radical (unpaired) electrons. The average molecular weight is 488 g/mol. The molecule has 0 saturated carbocycles. The summed E-state index contributed by atoms with van der Waals surface area (Å²) in [7, 11) is 0. The van der Waals surface area contributed by atoms with Crippen molar-refractivity contribution in [3.05, 3.63) is 101 Å². The molecular weight excluding hydrogens is 468 g/mol. The fourth-order valence-electron chi connectivity index (χ4n) is 3.55. The highest BCUT2D eigenvalue weighted by Gasteiger charge is 2.20. The predicted octanol–water partition coefficient (Wildman–Crippen LogP) is 6.09. The Hall–Kier alpha value is -4.11. The molecule has 2 aromatic heterocycles. The Kier molecular flexibility index (Phi) is 6.00. The van der Waals surface area contributed by atoms with Crippen LogP contribution < -0.4 is 5.32 Å². The number of anilines is 1. The molecule has 0 spiro atoms. The summed E-state index contributed by atoms with van der Waals surface area (Å²) >= 11 is 1.36. The monoisotopic (exact) mass is 487 g/mol. The maximum atomic E-state index is 14.1. The first-order valence-electron chi connectivity index (χ1n) is 10.7. The summed E-state index contributed by atoms with van der Waals surface area (Å²) in [5.41, 5.74) is 2.34. The van der Waals surface area contributed by atoms with Gasteiger partial charge in [-0.3, -0.25) is 4.79 Å². The highest BCUT2D eigenvalue weighted by atomic mass is 32.2. The molecule has 1 amide bonds. The highest BCUT2D eigenvalue weighted by molar-refractivity contribution is 7.99. The maximum Gasteiger partial charge on any atom is 0.261 e. The maximum absolute atomic E-state index is 14.1. The van der Waals surface area contributed by atoms with Crippen LogP contribution in [-0.4, -0.2) is 25.5 Å². The lowest BCUT2D eigenvalue weighted by Crippen LogP contribution is -2.16. The van der Waals surface area contributed by atoms with Crippen molar-refractivity contribution in [2.75, 3.05) is 5.32 Å². The summed E-state index contributed by atoms with van der Waals surface area (Å²) in [5, 5.41) is 8.08.